The number of hydrogen-bond donors (Lipinski definition) is 0. The van der Waals surface area contributed by atoms with Gasteiger partial charge in [-0.15, -0.1) is 0 Å². The van der Waals surface area contributed by atoms with Gasteiger partial charge >= 0.3 is 6.61 Å². The molecule has 1 aromatic rings. The van der Waals surface area contributed by atoms with E-state index in [2.05, 4.69) is 4.74 Å². The van der Waals surface area contributed by atoms with Crippen molar-refractivity contribution in [3.63, 3.8) is 0 Å². The van der Waals surface area contributed by atoms with E-state index in [1.165, 1.54) is 6.92 Å². The van der Waals surface area contributed by atoms with Gasteiger partial charge in [0.15, 0.2) is 5.78 Å². The van der Waals surface area contributed by atoms with E-state index in [9.17, 15) is 23.7 Å². The molecule has 0 radical (unpaired) electrons. The van der Waals surface area contributed by atoms with Crippen LogP contribution in [0.4, 0.5) is 14.5 Å². The van der Waals surface area contributed by atoms with Crippen LogP contribution in [-0.2, 0) is 6.42 Å². The molecule has 5 nitrogen and oxygen atoms in total. The number of ether oxygens (including phenoxy) is 1. The fourth-order valence-electron chi connectivity index (χ4n) is 1.65. The molecule has 0 aliphatic carbocycles. The van der Waals surface area contributed by atoms with Gasteiger partial charge in [0.25, 0.3) is 5.69 Å². The number of benzene rings is 1. The fourth-order valence-corrected chi connectivity index (χ4v) is 1.65. The van der Waals surface area contributed by atoms with Crippen molar-refractivity contribution in [2.24, 2.45) is 0 Å². The number of Topliss-reactive ketones (excluding diaryl/α,β-unsaturated/α-hetero) is 1. The third-order valence-corrected chi connectivity index (χ3v) is 2.35. The van der Waals surface area contributed by atoms with E-state index in [1.807, 2.05) is 0 Å². The fraction of sp³-hybridized carbons (Fsp3) is 0.364. The Bertz CT molecular complexity index is 453. The maximum absolute atomic E-state index is 12.1. The third kappa shape index (κ3) is 2.99. The molecule has 0 aliphatic rings. The van der Waals surface area contributed by atoms with Crippen molar-refractivity contribution >= 4 is 11.5 Å². The molecule has 18 heavy (non-hydrogen) atoms. The van der Waals surface area contributed by atoms with E-state index in [0.29, 0.717) is 0 Å². The Morgan fingerprint density at radius 2 is 2.11 bits per heavy atom. The largest absolute Gasteiger partial charge is 0.435 e. The van der Waals surface area contributed by atoms with Crippen molar-refractivity contribution in [2.75, 3.05) is 0 Å². The van der Waals surface area contributed by atoms with Crippen molar-refractivity contribution < 1.29 is 23.2 Å². The van der Waals surface area contributed by atoms with Crippen LogP contribution in [0.25, 0.3) is 0 Å². The second kappa shape index (κ2) is 5.52. The SMILES string of the molecule is CCc1c(C(C)=O)cc(OC(F)F)cc1[N+](=O)[O-]. The quantitative estimate of drug-likeness (QED) is 0.463. The monoisotopic (exact) mass is 259 g/mol. The Kier molecular flexibility index (Phi) is 4.30. The summed E-state index contributed by atoms with van der Waals surface area (Å²) in [6.07, 6.45) is 0.250. The predicted octanol–water partition coefficient (Wildman–Crippen LogP) is 2.96. The molecule has 1 aromatic carbocycles. The molecule has 0 amide bonds. The Morgan fingerprint density at radius 1 is 1.50 bits per heavy atom. The van der Waals surface area contributed by atoms with Crippen LogP contribution in [0.3, 0.4) is 0 Å². The van der Waals surface area contributed by atoms with Gasteiger partial charge in [-0.3, -0.25) is 14.9 Å². The summed E-state index contributed by atoms with van der Waals surface area (Å²) in [6.45, 7) is -0.246. The topological polar surface area (TPSA) is 69.4 Å². The van der Waals surface area contributed by atoms with Gasteiger partial charge in [0, 0.05) is 11.1 Å². The summed E-state index contributed by atoms with van der Waals surface area (Å²) in [5.41, 5.74) is -0.141. The first-order valence-electron chi connectivity index (χ1n) is 5.13. The average molecular weight is 259 g/mol. The van der Waals surface area contributed by atoms with Crippen LogP contribution in [0.5, 0.6) is 5.75 Å². The van der Waals surface area contributed by atoms with Crippen LogP contribution in [0.2, 0.25) is 0 Å². The Morgan fingerprint density at radius 3 is 2.50 bits per heavy atom. The second-order valence-corrected chi connectivity index (χ2v) is 3.51. The smallest absolute Gasteiger partial charge is 0.387 e. The van der Waals surface area contributed by atoms with Gasteiger partial charge in [-0.2, -0.15) is 8.78 Å². The van der Waals surface area contributed by atoms with Gasteiger partial charge in [-0.25, -0.2) is 0 Å². The van der Waals surface area contributed by atoms with E-state index < -0.39 is 17.3 Å². The lowest BCUT2D eigenvalue weighted by Crippen LogP contribution is -2.07. The number of nitro benzene ring substituents is 1. The second-order valence-electron chi connectivity index (χ2n) is 3.51. The molecule has 0 saturated heterocycles. The summed E-state index contributed by atoms with van der Waals surface area (Å²) in [5, 5.41) is 10.8. The Hall–Kier alpha value is -2.05. The van der Waals surface area contributed by atoms with Crippen molar-refractivity contribution in [3.8, 4) is 5.75 Å². The van der Waals surface area contributed by atoms with Crippen molar-refractivity contribution in [3.05, 3.63) is 33.4 Å². The molecule has 0 atom stereocenters. The highest BCUT2D eigenvalue weighted by molar-refractivity contribution is 5.97. The highest BCUT2D eigenvalue weighted by Gasteiger charge is 2.22. The maximum atomic E-state index is 12.1. The van der Waals surface area contributed by atoms with Crippen LogP contribution < -0.4 is 4.74 Å². The average Bonchev–Trinajstić information content (AvgIpc) is 2.26. The van der Waals surface area contributed by atoms with E-state index in [1.54, 1.807) is 6.92 Å². The molecular weight excluding hydrogens is 248 g/mol. The van der Waals surface area contributed by atoms with Crippen molar-refractivity contribution in [2.45, 2.75) is 26.9 Å². The van der Waals surface area contributed by atoms with Gasteiger partial charge in [-0.05, 0) is 19.4 Å². The molecule has 0 saturated carbocycles. The molecule has 1 rings (SSSR count). The number of ketones is 1. The van der Waals surface area contributed by atoms with Gasteiger partial charge in [0.1, 0.15) is 5.75 Å². The number of nitro groups is 1. The zero-order valence-electron chi connectivity index (χ0n) is 9.78. The lowest BCUT2D eigenvalue weighted by molar-refractivity contribution is -0.385. The van der Waals surface area contributed by atoms with Crippen LogP contribution in [0, 0.1) is 10.1 Å². The van der Waals surface area contributed by atoms with Crippen LogP contribution in [0.15, 0.2) is 12.1 Å². The zero-order valence-corrected chi connectivity index (χ0v) is 9.78. The Labute approximate surface area is 102 Å². The molecule has 0 fully saturated rings. The molecule has 98 valence electrons. The van der Waals surface area contributed by atoms with Gasteiger partial charge in [-0.1, -0.05) is 6.92 Å². The minimum atomic E-state index is -3.10. The minimum absolute atomic E-state index is 0.0300. The highest BCUT2D eigenvalue weighted by Crippen LogP contribution is 2.30. The van der Waals surface area contributed by atoms with Gasteiger partial charge in [0.2, 0.25) is 0 Å². The van der Waals surface area contributed by atoms with E-state index in [-0.39, 0.29) is 29.0 Å². The zero-order chi connectivity index (χ0) is 13.9. The third-order valence-electron chi connectivity index (χ3n) is 2.35. The summed E-state index contributed by atoms with van der Waals surface area (Å²) in [7, 11) is 0. The van der Waals surface area contributed by atoms with Crippen molar-refractivity contribution in [1.82, 2.24) is 0 Å². The van der Waals surface area contributed by atoms with E-state index in [0.717, 1.165) is 12.1 Å². The van der Waals surface area contributed by atoms with Crippen molar-refractivity contribution in [1.29, 1.82) is 0 Å². The van der Waals surface area contributed by atoms with Crippen LogP contribution in [-0.4, -0.2) is 17.3 Å². The lowest BCUT2D eigenvalue weighted by atomic mass is 10.00. The van der Waals surface area contributed by atoms with Crippen LogP contribution in [0.1, 0.15) is 29.8 Å². The molecule has 0 heterocycles. The molecule has 0 unspecified atom stereocenters. The molecule has 0 spiro atoms. The van der Waals surface area contributed by atoms with E-state index in [4.69, 9.17) is 0 Å². The standard InChI is InChI=1S/C11H11F2NO4/c1-3-8-9(6(2)15)4-7(18-11(12)13)5-10(8)14(16)17/h4-5,11H,3H2,1-2H3. The number of alkyl halides is 2. The van der Waals surface area contributed by atoms with Crippen LogP contribution >= 0.6 is 0 Å². The molecule has 0 bridgehead atoms. The number of rotatable bonds is 5. The predicted molar refractivity (Wildman–Crippen MR) is 59.1 cm³/mol. The first-order chi connectivity index (χ1) is 8.36. The highest BCUT2D eigenvalue weighted by atomic mass is 19.3. The number of halogens is 2. The molecule has 7 heteroatoms. The molecular formula is C11H11F2NO4. The maximum Gasteiger partial charge on any atom is 0.387 e. The molecule has 0 aromatic heterocycles. The van der Waals surface area contributed by atoms with Gasteiger partial charge < -0.3 is 4.74 Å². The Balaban J connectivity index is 3.43. The summed E-state index contributed by atoms with van der Waals surface area (Å²) >= 11 is 0. The number of carbonyl (C=O) groups is 1. The number of carbonyl (C=O) groups excluding carboxylic acids is 1. The first-order valence-corrected chi connectivity index (χ1v) is 5.13. The summed E-state index contributed by atoms with van der Waals surface area (Å²) in [5.74, 6) is -0.825. The van der Waals surface area contributed by atoms with Gasteiger partial charge in [0.05, 0.1) is 11.0 Å². The normalized spacial score (nSPS) is 10.5. The first kappa shape index (κ1) is 14.0. The summed E-state index contributed by atoms with van der Waals surface area (Å²) in [4.78, 5) is 21.5. The lowest BCUT2D eigenvalue weighted by Gasteiger charge is -2.10. The van der Waals surface area contributed by atoms with E-state index >= 15 is 0 Å². The minimum Gasteiger partial charge on any atom is -0.435 e. The summed E-state index contributed by atoms with van der Waals surface area (Å²) in [6, 6.07) is 2.00. The molecule has 0 aliphatic heterocycles. The number of hydrogen-bond acceptors (Lipinski definition) is 4. The molecule has 0 N–H and O–H groups in total. The summed E-state index contributed by atoms with van der Waals surface area (Å²) < 4.78 is 28.3. The number of nitrogens with zero attached hydrogens (tertiary/aromatic N) is 1.